The molecule has 0 amide bonds. The molecule has 1 heterocycles. The zero-order valence-corrected chi connectivity index (χ0v) is 13.7. The van der Waals surface area contributed by atoms with E-state index in [1.54, 1.807) is 7.11 Å². The summed E-state index contributed by atoms with van der Waals surface area (Å²) in [4.78, 5) is 2.56. The van der Waals surface area contributed by atoms with Crippen molar-refractivity contribution in [2.45, 2.75) is 45.6 Å². The summed E-state index contributed by atoms with van der Waals surface area (Å²) in [5, 5.41) is 3.69. The van der Waals surface area contributed by atoms with E-state index in [1.165, 1.54) is 38.9 Å². The summed E-state index contributed by atoms with van der Waals surface area (Å²) in [6.07, 6.45) is 5.03. The third-order valence-electron chi connectivity index (χ3n) is 4.40. The third-order valence-corrected chi connectivity index (χ3v) is 4.40. The molecule has 0 bridgehead atoms. The van der Waals surface area contributed by atoms with Crippen molar-refractivity contribution in [2.24, 2.45) is 5.92 Å². The first-order valence-electron chi connectivity index (χ1n) is 8.30. The van der Waals surface area contributed by atoms with Gasteiger partial charge in [0.2, 0.25) is 0 Å². The highest BCUT2D eigenvalue weighted by molar-refractivity contribution is 4.79. The number of likely N-dealkylation sites (tertiary alicyclic amines) is 1. The van der Waals surface area contributed by atoms with Crippen LogP contribution in [0, 0.1) is 5.92 Å². The van der Waals surface area contributed by atoms with Crippen LogP contribution in [0.2, 0.25) is 0 Å². The molecule has 120 valence electrons. The lowest BCUT2D eigenvalue weighted by Gasteiger charge is -2.34. The van der Waals surface area contributed by atoms with E-state index in [0.717, 1.165) is 32.1 Å². The van der Waals surface area contributed by atoms with E-state index in [0.29, 0.717) is 12.6 Å². The minimum absolute atomic E-state index is 0.656. The molecule has 0 saturated carbocycles. The van der Waals surface area contributed by atoms with Crippen molar-refractivity contribution in [1.29, 1.82) is 0 Å². The van der Waals surface area contributed by atoms with E-state index in [-0.39, 0.29) is 0 Å². The highest BCUT2D eigenvalue weighted by Crippen LogP contribution is 2.20. The summed E-state index contributed by atoms with van der Waals surface area (Å²) in [5.74, 6) is 0.857. The first kappa shape index (κ1) is 17.9. The van der Waals surface area contributed by atoms with E-state index in [4.69, 9.17) is 9.47 Å². The summed E-state index contributed by atoms with van der Waals surface area (Å²) in [6, 6.07) is 0.656. The fourth-order valence-corrected chi connectivity index (χ4v) is 2.84. The van der Waals surface area contributed by atoms with Gasteiger partial charge in [-0.1, -0.05) is 6.92 Å². The maximum atomic E-state index is 5.46. The summed E-state index contributed by atoms with van der Waals surface area (Å²) in [7, 11) is 1.71. The minimum Gasteiger partial charge on any atom is -0.382 e. The molecule has 1 atom stereocenters. The van der Waals surface area contributed by atoms with Gasteiger partial charge in [-0.3, -0.25) is 0 Å². The summed E-state index contributed by atoms with van der Waals surface area (Å²) in [5.41, 5.74) is 0. The van der Waals surface area contributed by atoms with E-state index in [1.807, 2.05) is 0 Å². The fourth-order valence-electron chi connectivity index (χ4n) is 2.84. The second-order valence-corrected chi connectivity index (χ2v) is 5.83. The Morgan fingerprint density at radius 3 is 2.55 bits per heavy atom. The molecule has 0 aromatic heterocycles. The van der Waals surface area contributed by atoms with Crippen LogP contribution in [0.1, 0.15) is 39.5 Å². The van der Waals surface area contributed by atoms with Gasteiger partial charge in [0.1, 0.15) is 0 Å². The maximum Gasteiger partial charge on any atom is 0.0700 e. The van der Waals surface area contributed by atoms with Crippen LogP contribution < -0.4 is 5.32 Å². The lowest BCUT2D eigenvalue weighted by Crippen LogP contribution is -2.42. The highest BCUT2D eigenvalue weighted by atomic mass is 16.5. The molecule has 1 rings (SSSR count). The van der Waals surface area contributed by atoms with Gasteiger partial charge in [-0.25, -0.2) is 0 Å². The molecule has 4 heteroatoms. The Labute approximate surface area is 125 Å². The highest BCUT2D eigenvalue weighted by Gasteiger charge is 2.22. The zero-order valence-electron chi connectivity index (χ0n) is 13.7. The van der Waals surface area contributed by atoms with Gasteiger partial charge in [0.05, 0.1) is 13.2 Å². The Balaban J connectivity index is 1.94. The minimum atomic E-state index is 0.656. The second kappa shape index (κ2) is 11.5. The number of hydrogen-bond acceptors (Lipinski definition) is 4. The zero-order chi connectivity index (χ0) is 14.6. The van der Waals surface area contributed by atoms with Gasteiger partial charge in [-0.2, -0.15) is 0 Å². The van der Waals surface area contributed by atoms with Crippen LogP contribution in [0.25, 0.3) is 0 Å². The molecule has 0 aromatic rings. The van der Waals surface area contributed by atoms with Gasteiger partial charge < -0.3 is 19.7 Å². The largest absolute Gasteiger partial charge is 0.382 e. The first-order chi connectivity index (χ1) is 9.77. The summed E-state index contributed by atoms with van der Waals surface area (Å²) in [6.45, 7) is 11.8. The number of unbranched alkanes of at least 4 members (excludes halogenated alkanes) is 1. The maximum absolute atomic E-state index is 5.46. The average molecular weight is 286 g/mol. The van der Waals surface area contributed by atoms with Crippen LogP contribution in [0.15, 0.2) is 0 Å². The smallest absolute Gasteiger partial charge is 0.0700 e. The standard InChI is InChI=1S/C16H34N2O2/c1-4-18-10-7-16(8-11-18)15(2)17-9-5-6-12-20-14-13-19-3/h15-17H,4-14H2,1-3H3. The number of piperidine rings is 1. The molecule has 0 spiro atoms. The third kappa shape index (κ3) is 7.58. The fraction of sp³-hybridized carbons (Fsp3) is 1.00. The van der Waals surface area contributed by atoms with Gasteiger partial charge in [-0.05, 0) is 64.7 Å². The molecular formula is C16H34N2O2. The van der Waals surface area contributed by atoms with Crippen LogP contribution in [-0.2, 0) is 9.47 Å². The monoisotopic (exact) mass is 286 g/mol. The van der Waals surface area contributed by atoms with Gasteiger partial charge in [0.15, 0.2) is 0 Å². The number of nitrogens with one attached hydrogen (secondary N) is 1. The molecule has 1 N–H and O–H groups in total. The van der Waals surface area contributed by atoms with Gasteiger partial charge in [0.25, 0.3) is 0 Å². The van der Waals surface area contributed by atoms with E-state index >= 15 is 0 Å². The molecule has 1 fully saturated rings. The summed E-state index contributed by atoms with van der Waals surface area (Å²) < 4.78 is 10.4. The molecule has 1 unspecified atom stereocenters. The van der Waals surface area contributed by atoms with Crippen molar-refractivity contribution in [3.63, 3.8) is 0 Å². The molecule has 1 aliphatic rings. The molecule has 4 nitrogen and oxygen atoms in total. The van der Waals surface area contributed by atoms with Crippen LogP contribution in [0.3, 0.4) is 0 Å². The lowest BCUT2D eigenvalue weighted by atomic mass is 9.90. The normalized spacial score (nSPS) is 19.4. The van der Waals surface area contributed by atoms with E-state index < -0.39 is 0 Å². The van der Waals surface area contributed by atoms with Crippen molar-refractivity contribution in [3.8, 4) is 0 Å². The molecule has 1 saturated heterocycles. The molecule has 0 radical (unpaired) electrons. The Bertz CT molecular complexity index is 219. The predicted molar refractivity (Wildman–Crippen MR) is 84.2 cm³/mol. The topological polar surface area (TPSA) is 33.7 Å². The number of nitrogens with zero attached hydrogens (tertiary/aromatic N) is 1. The molecule has 0 aliphatic carbocycles. The summed E-state index contributed by atoms with van der Waals surface area (Å²) >= 11 is 0. The van der Waals surface area contributed by atoms with E-state index in [9.17, 15) is 0 Å². The Morgan fingerprint density at radius 1 is 1.15 bits per heavy atom. The van der Waals surface area contributed by atoms with Crippen LogP contribution in [-0.4, -0.2) is 64.1 Å². The SMILES string of the molecule is CCN1CCC(C(C)NCCCCOCCOC)CC1. The van der Waals surface area contributed by atoms with Crippen molar-refractivity contribution >= 4 is 0 Å². The number of rotatable bonds is 11. The molecule has 0 aromatic carbocycles. The Morgan fingerprint density at radius 2 is 1.90 bits per heavy atom. The van der Waals surface area contributed by atoms with Crippen molar-refractivity contribution in [1.82, 2.24) is 10.2 Å². The van der Waals surface area contributed by atoms with Crippen molar-refractivity contribution in [3.05, 3.63) is 0 Å². The van der Waals surface area contributed by atoms with Crippen molar-refractivity contribution < 1.29 is 9.47 Å². The number of ether oxygens (including phenoxy) is 2. The first-order valence-corrected chi connectivity index (χ1v) is 8.30. The van der Waals surface area contributed by atoms with E-state index in [2.05, 4.69) is 24.1 Å². The Hall–Kier alpha value is -0.160. The molecular weight excluding hydrogens is 252 g/mol. The predicted octanol–water partition coefficient (Wildman–Crippen LogP) is 2.14. The van der Waals surface area contributed by atoms with Crippen molar-refractivity contribution in [2.75, 3.05) is 53.1 Å². The van der Waals surface area contributed by atoms with Gasteiger partial charge >= 0.3 is 0 Å². The van der Waals surface area contributed by atoms with Crippen LogP contribution in [0.4, 0.5) is 0 Å². The molecule has 20 heavy (non-hydrogen) atoms. The Kier molecular flexibility index (Phi) is 10.3. The van der Waals surface area contributed by atoms with Gasteiger partial charge in [-0.15, -0.1) is 0 Å². The van der Waals surface area contributed by atoms with Crippen LogP contribution >= 0.6 is 0 Å². The van der Waals surface area contributed by atoms with Crippen LogP contribution in [0.5, 0.6) is 0 Å². The lowest BCUT2D eigenvalue weighted by molar-refractivity contribution is 0.0686. The second-order valence-electron chi connectivity index (χ2n) is 5.83. The molecule has 1 aliphatic heterocycles. The van der Waals surface area contributed by atoms with Gasteiger partial charge in [0, 0.05) is 19.8 Å². The number of methoxy groups -OCH3 is 1. The average Bonchev–Trinajstić information content (AvgIpc) is 2.50. The quantitative estimate of drug-likeness (QED) is 0.590. The number of hydrogen-bond donors (Lipinski definition) is 1.